The normalized spacial score (nSPS) is 12.7. The van der Waals surface area contributed by atoms with Crippen LogP contribution < -0.4 is 10.0 Å². The summed E-state index contributed by atoms with van der Waals surface area (Å²) in [6, 6.07) is 3.77. The molecule has 6 nitrogen and oxygen atoms in total. The molecule has 2 N–H and O–H groups in total. The molecule has 0 saturated heterocycles. The van der Waals surface area contributed by atoms with Crippen LogP contribution in [0.1, 0.15) is 18.7 Å². The number of rotatable bonds is 5. The van der Waals surface area contributed by atoms with Crippen molar-refractivity contribution in [1.29, 1.82) is 5.26 Å². The van der Waals surface area contributed by atoms with Crippen LogP contribution >= 0.6 is 11.3 Å². The second-order valence-corrected chi connectivity index (χ2v) is 6.49. The molecule has 1 aromatic rings. The molecule has 0 bridgehead atoms. The Morgan fingerprint density at radius 2 is 2.22 bits per heavy atom. The van der Waals surface area contributed by atoms with Gasteiger partial charge in [0.25, 0.3) is 10.0 Å². The van der Waals surface area contributed by atoms with Gasteiger partial charge < -0.3 is 5.32 Å². The standard InChI is InChI=1S/C10H13N3O3S2/c1-3-12-10(14)7(2)13-18(15,16)9-5-4-8(6-11)17-9/h4-5,7,13H,3H2,1-2H3,(H,12,14). The zero-order valence-corrected chi connectivity index (χ0v) is 11.6. The lowest BCUT2D eigenvalue weighted by atomic mass is 10.3. The number of sulfonamides is 1. The first-order chi connectivity index (χ1) is 8.40. The molecule has 1 rings (SSSR count). The highest BCUT2D eigenvalue weighted by Gasteiger charge is 2.23. The Morgan fingerprint density at radius 3 is 2.72 bits per heavy atom. The van der Waals surface area contributed by atoms with Gasteiger partial charge in [-0.1, -0.05) is 0 Å². The van der Waals surface area contributed by atoms with E-state index in [4.69, 9.17) is 5.26 Å². The number of amides is 1. The first-order valence-corrected chi connectivity index (χ1v) is 7.50. The van der Waals surface area contributed by atoms with E-state index in [0.717, 1.165) is 11.3 Å². The lowest BCUT2D eigenvalue weighted by molar-refractivity contribution is -0.122. The highest BCUT2D eigenvalue weighted by atomic mass is 32.2. The molecule has 0 radical (unpaired) electrons. The summed E-state index contributed by atoms with van der Waals surface area (Å²) in [5, 5.41) is 11.2. The second-order valence-electron chi connectivity index (χ2n) is 3.47. The number of nitriles is 1. The zero-order chi connectivity index (χ0) is 13.8. The van der Waals surface area contributed by atoms with Gasteiger partial charge in [0.05, 0.1) is 6.04 Å². The van der Waals surface area contributed by atoms with Crippen LogP contribution in [0.3, 0.4) is 0 Å². The number of thiophene rings is 1. The van der Waals surface area contributed by atoms with Crippen LogP contribution in [-0.2, 0) is 14.8 Å². The van der Waals surface area contributed by atoms with Crippen molar-refractivity contribution in [3.8, 4) is 6.07 Å². The summed E-state index contributed by atoms with van der Waals surface area (Å²) in [6.07, 6.45) is 0. The van der Waals surface area contributed by atoms with Gasteiger partial charge in [0, 0.05) is 6.54 Å². The predicted octanol–water partition coefficient (Wildman–Crippen LogP) is 0.423. The molecular weight excluding hydrogens is 274 g/mol. The summed E-state index contributed by atoms with van der Waals surface area (Å²) < 4.78 is 26.1. The third kappa shape index (κ3) is 3.53. The summed E-state index contributed by atoms with van der Waals surface area (Å²) in [6.45, 7) is 3.64. The molecule has 8 heteroatoms. The zero-order valence-electron chi connectivity index (χ0n) is 9.93. The molecule has 18 heavy (non-hydrogen) atoms. The SMILES string of the molecule is CCNC(=O)C(C)NS(=O)(=O)c1ccc(C#N)s1. The first kappa shape index (κ1) is 14.6. The fourth-order valence-electron chi connectivity index (χ4n) is 1.20. The fraction of sp³-hybridized carbons (Fsp3) is 0.400. The van der Waals surface area contributed by atoms with Crippen molar-refractivity contribution < 1.29 is 13.2 Å². The van der Waals surface area contributed by atoms with E-state index < -0.39 is 22.0 Å². The van der Waals surface area contributed by atoms with Crippen LogP contribution in [0.2, 0.25) is 0 Å². The Hall–Kier alpha value is -1.43. The average Bonchev–Trinajstić information content (AvgIpc) is 2.78. The van der Waals surface area contributed by atoms with Crippen molar-refractivity contribution in [2.24, 2.45) is 0 Å². The smallest absolute Gasteiger partial charge is 0.250 e. The maximum atomic E-state index is 11.9. The van der Waals surface area contributed by atoms with Gasteiger partial charge in [0.15, 0.2) is 0 Å². The van der Waals surface area contributed by atoms with Crippen LogP contribution in [0.25, 0.3) is 0 Å². The molecule has 0 aliphatic heterocycles. The van der Waals surface area contributed by atoms with E-state index in [0.29, 0.717) is 11.4 Å². The van der Waals surface area contributed by atoms with Crippen molar-refractivity contribution in [1.82, 2.24) is 10.0 Å². The molecule has 1 unspecified atom stereocenters. The van der Waals surface area contributed by atoms with Gasteiger partial charge in [-0.25, -0.2) is 8.42 Å². The lowest BCUT2D eigenvalue weighted by Gasteiger charge is -2.12. The summed E-state index contributed by atoms with van der Waals surface area (Å²) >= 11 is 0.864. The molecule has 0 aliphatic rings. The molecule has 0 fully saturated rings. The monoisotopic (exact) mass is 287 g/mol. The minimum Gasteiger partial charge on any atom is -0.355 e. The molecule has 0 spiro atoms. The van der Waals surface area contributed by atoms with Crippen LogP contribution in [0.15, 0.2) is 16.3 Å². The Morgan fingerprint density at radius 1 is 1.56 bits per heavy atom. The van der Waals surface area contributed by atoms with E-state index in [9.17, 15) is 13.2 Å². The molecule has 0 aliphatic carbocycles. The van der Waals surface area contributed by atoms with Gasteiger partial charge >= 0.3 is 0 Å². The van der Waals surface area contributed by atoms with E-state index in [1.54, 1.807) is 6.92 Å². The van der Waals surface area contributed by atoms with Gasteiger partial charge in [-0.05, 0) is 26.0 Å². The Bertz CT molecular complexity index is 571. The molecule has 1 aromatic heterocycles. The van der Waals surface area contributed by atoms with Crippen molar-refractivity contribution >= 4 is 27.3 Å². The topological polar surface area (TPSA) is 99.1 Å². The quantitative estimate of drug-likeness (QED) is 0.820. The van der Waals surface area contributed by atoms with Crippen LogP contribution in [-0.4, -0.2) is 26.9 Å². The Labute approximate surface area is 110 Å². The molecule has 1 heterocycles. The number of hydrogen-bond donors (Lipinski definition) is 2. The fourth-order valence-corrected chi connectivity index (χ4v) is 3.52. The van der Waals surface area contributed by atoms with E-state index in [2.05, 4.69) is 10.0 Å². The van der Waals surface area contributed by atoms with Gasteiger partial charge in [0.1, 0.15) is 15.2 Å². The van der Waals surface area contributed by atoms with Crippen LogP contribution in [0.4, 0.5) is 0 Å². The van der Waals surface area contributed by atoms with Crippen molar-refractivity contribution in [3.63, 3.8) is 0 Å². The summed E-state index contributed by atoms with van der Waals surface area (Å²) in [5.41, 5.74) is 0. The molecule has 98 valence electrons. The highest BCUT2D eigenvalue weighted by Crippen LogP contribution is 2.20. The number of likely N-dealkylation sites (N-methyl/N-ethyl adjacent to an activating group) is 1. The maximum absolute atomic E-state index is 11.9. The second kappa shape index (κ2) is 5.95. The third-order valence-corrected chi connectivity index (χ3v) is 5.06. The lowest BCUT2D eigenvalue weighted by Crippen LogP contribution is -2.44. The van der Waals surface area contributed by atoms with Crippen LogP contribution in [0, 0.1) is 11.3 Å². The molecule has 0 saturated carbocycles. The highest BCUT2D eigenvalue weighted by molar-refractivity contribution is 7.91. The van der Waals surface area contributed by atoms with Gasteiger partial charge in [-0.15, -0.1) is 11.3 Å². The van der Waals surface area contributed by atoms with E-state index in [1.165, 1.54) is 19.1 Å². The largest absolute Gasteiger partial charge is 0.355 e. The summed E-state index contributed by atoms with van der Waals surface area (Å²) in [7, 11) is -3.76. The Kier molecular flexibility index (Phi) is 4.84. The first-order valence-electron chi connectivity index (χ1n) is 5.20. The molecule has 0 aromatic carbocycles. The minimum absolute atomic E-state index is 0.0233. The Balaban J connectivity index is 2.83. The number of hydrogen-bond acceptors (Lipinski definition) is 5. The molecule has 1 amide bonds. The van der Waals surface area contributed by atoms with Crippen molar-refractivity contribution in [3.05, 3.63) is 17.0 Å². The minimum atomic E-state index is -3.76. The average molecular weight is 287 g/mol. The van der Waals surface area contributed by atoms with Gasteiger partial charge in [0.2, 0.25) is 5.91 Å². The number of carbonyl (C=O) groups excluding carboxylic acids is 1. The predicted molar refractivity (Wildman–Crippen MR) is 67.5 cm³/mol. The number of carbonyl (C=O) groups is 1. The van der Waals surface area contributed by atoms with E-state index in [1.807, 2.05) is 6.07 Å². The number of nitrogens with zero attached hydrogens (tertiary/aromatic N) is 1. The van der Waals surface area contributed by atoms with Gasteiger partial charge in [-0.2, -0.15) is 9.98 Å². The van der Waals surface area contributed by atoms with E-state index >= 15 is 0 Å². The van der Waals surface area contributed by atoms with E-state index in [-0.39, 0.29) is 4.21 Å². The molecular formula is C10H13N3O3S2. The number of nitrogens with one attached hydrogen (secondary N) is 2. The van der Waals surface area contributed by atoms with Crippen molar-refractivity contribution in [2.75, 3.05) is 6.54 Å². The maximum Gasteiger partial charge on any atom is 0.250 e. The summed E-state index contributed by atoms with van der Waals surface area (Å²) in [4.78, 5) is 11.7. The van der Waals surface area contributed by atoms with Crippen LogP contribution in [0.5, 0.6) is 0 Å². The van der Waals surface area contributed by atoms with Crippen molar-refractivity contribution in [2.45, 2.75) is 24.1 Å². The third-order valence-electron chi connectivity index (χ3n) is 2.03. The summed E-state index contributed by atoms with van der Waals surface area (Å²) in [5.74, 6) is -0.391. The molecule has 1 atom stereocenters. The van der Waals surface area contributed by atoms with Gasteiger partial charge in [-0.3, -0.25) is 4.79 Å².